The van der Waals surface area contributed by atoms with Crippen molar-refractivity contribution < 1.29 is 8.42 Å². The van der Waals surface area contributed by atoms with Gasteiger partial charge >= 0.3 is 0 Å². The van der Waals surface area contributed by atoms with Crippen molar-refractivity contribution in [3.8, 4) is 0 Å². The van der Waals surface area contributed by atoms with Crippen LogP contribution >= 0.6 is 0 Å². The minimum Gasteiger partial charge on any atom is -0.368 e. The molecule has 1 aliphatic rings. The van der Waals surface area contributed by atoms with E-state index in [1.807, 2.05) is 0 Å². The van der Waals surface area contributed by atoms with Gasteiger partial charge in [0.05, 0.1) is 17.6 Å². The Morgan fingerprint density at radius 3 is 2.27 bits per heavy atom. The Bertz CT molecular complexity index is 435. The van der Waals surface area contributed by atoms with Gasteiger partial charge in [-0.25, -0.2) is 18.4 Å². The van der Waals surface area contributed by atoms with Gasteiger partial charge in [0.2, 0.25) is 5.95 Å². The molecule has 2 N–H and O–H groups in total. The highest BCUT2D eigenvalue weighted by Gasteiger charge is 2.30. The predicted octanol–water partition coefficient (Wildman–Crippen LogP) is 0.775. The summed E-state index contributed by atoms with van der Waals surface area (Å²) in [6.07, 6.45) is 6.03. The maximum Gasteiger partial charge on any atom is 0.219 e. The van der Waals surface area contributed by atoms with Gasteiger partial charge in [-0.05, 0) is 12.8 Å². The van der Waals surface area contributed by atoms with Gasteiger partial charge in [0, 0.05) is 0 Å². The zero-order valence-electron chi connectivity index (χ0n) is 8.26. The number of hydrogen-bond donors (Lipinski definition) is 1. The highest BCUT2D eigenvalue weighted by Crippen LogP contribution is 2.28. The van der Waals surface area contributed by atoms with Crippen molar-refractivity contribution in [1.29, 1.82) is 0 Å². The summed E-state index contributed by atoms with van der Waals surface area (Å²) >= 11 is 0. The fourth-order valence-corrected chi connectivity index (χ4v) is 3.60. The molecule has 1 fully saturated rings. The molecule has 1 aliphatic carbocycles. The molecule has 0 spiro atoms. The van der Waals surface area contributed by atoms with E-state index in [-0.39, 0.29) is 16.1 Å². The number of nitrogens with two attached hydrogens (primary N) is 1. The van der Waals surface area contributed by atoms with Crippen LogP contribution < -0.4 is 5.73 Å². The highest BCUT2D eigenvalue weighted by molar-refractivity contribution is 7.92. The van der Waals surface area contributed by atoms with Gasteiger partial charge in [-0.1, -0.05) is 12.8 Å². The van der Waals surface area contributed by atoms with E-state index in [4.69, 9.17) is 5.73 Å². The summed E-state index contributed by atoms with van der Waals surface area (Å²) in [7, 11) is -3.24. The van der Waals surface area contributed by atoms with Crippen molar-refractivity contribution in [2.24, 2.45) is 0 Å². The van der Waals surface area contributed by atoms with Crippen LogP contribution in [0.4, 0.5) is 5.95 Å². The largest absolute Gasteiger partial charge is 0.368 e. The van der Waals surface area contributed by atoms with Crippen LogP contribution in [-0.2, 0) is 9.84 Å². The fraction of sp³-hybridized carbons (Fsp3) is 0.556. The van der Waals surface area contributed by atoms with Gasteiger partial charge in [-0.2, -0.15) is 0 Å². The smallest absolute Gasteiger partial charge is 0.219 e. The molecule has 1 heterocycles. The molecule has 0 aliphatic heterocycles. The lowest BCUT2D eigenvalue weighted by atomic mass is 10.4. The third-order valence-electron chi connectivity index (χ3n) is 2.72. The van der Waals surface area contributed by atoms with E-state index < -0.39 is 9.84 Å². The molecule has 0 unspecified atom stereocenters. The molecule has 0 bridgehead atoms. The number of sulfone groups is 1. The standard InChI is InChI=1S/C9H13N3O2S/c10-9-11-5-8(6-12-9)15(13,14)7-3-1-2-4-7/h5-7H,1-4H2,(H2,10,11,12). The fourth-order valence-electron chi connectivity index (χ4n) is 1.86. The summed E-state index contributed by atoms with van der Waals surface area (Å²) in [5.74, 6) is 0.0976. The second-order valence-electron chi connectivity index (χ2n) is 3.73. The zero-order chi connectivity index (χ0) is 10.9. The van der Waals surface area contributed by atoms with E-state index >= 15 is 0 Å². The van der Waals surface area contributed by atoms with Crippen LogP contribution in [0.3, 0.4) is 0 Å². The number of anilines is 1. The summed E-state index contributed by atoms with van der Waals surface area (Å²) in [5.41, 5.74) is 5.31. The third kappa shape index (κ3) is 1.94. The first-order valence-corrected chi connectivity index (χ1v) is 6.47. The minimum absolute atomic E-state index is 0.0976. The van der Waals surface area contributed by atoms with Gasteiger partial charge in [-0.3, -0.25) is 0 Å². The predicted molar refractivity (Wildman–Crippen MR) is 55.9 cm³/mol. The molecule has 1 aromatic heterocycles. The SMILES string of the molecule is Nc1ncc(S(=O)(=O)C2CCCC2)cn1. The van der Waals surface area contributed by atoms with Crippen molar-refractivity contribution in [2.75, 3.05) is 5.73 Å². The molecule has 0 atom stereocenters. The Morgan fingerprint density at radius 1 is 1.20 bits per heavy atom. The molecule has 0 radical (unpaired) electrons. The third-order valence-corrected chi connectivity index (χ3v) is 4.93. The van der Waals surface area contributed by atoms with Crippen LogP contribution in [0.1, 0.15) is 25.7 Å². The first-order valence-electron chi connectivity index (χ1n) is 4.92. The van der Waals surface area contributed by atoms with E-state index in [0.29, 0.717) is 0 Å². The normalized spacial score (nSPS) is 18.1. The van der Waals surface area contributed by atoms with E-state index in [2.05, 4.69) is 9.97 Å². The molecule has 5 nitrogen and oxygen atoms in total. The highest BCUT2D eigenvalue weighted by atomic mass is 32.2. The first-order chi connectivity index (χ1) is 7.10. The second kappa shape index (κ2) is 3.77. The van der Waals surface area contributed by atoms with Crippen molar-refractivity contribution in [1.82, 2.24) is 9.97 Å². The molecular formula is C9H13N3O2S. The Morgan fingerprint density at radius 2 is 1.73 bits per heavy atom. The van der Waals surface area contributed by atoms with Crippen LogP contribution in [0.2, 0.25) is 0 Å². The Balaban J connectivity index is 2.32. The maximum absolute atomic E-state index is 12.0. The lowest BCUT2D eigenvalue weighted by molar-refractivity contribution is 0.579. The topological polar surface area (TPSA) is 85.9 Å². The summed E-state index contributed by atoms with van der Waals surface area (Å²) in [6, 6.07) is 0. The molecule has 6 heteroatoms. The van der Waals surface area contributed by atoms with Crippen LogP contribution in [-0.4, -0.2) is 23.6 Å². The number of nitrogens with zero attached hydrogens (tertiary/aromatic N) is 2. The van der Waals surface area contributed by atoms with Crippen molar-refractivity contribution in [3.63, 3.8) is 0 Å². The summed E-state index contributed by atoms with van der Waals surface area (Å²) in [4.78, 5) is 7.59. The Hall–Kier alpha value is -1.17. The summed E-state index contributed by atoms with van der Waals surface area (Å²) in [6.45, 7) is 0. The average molecular weight is 227 g/mol. The van der Waals surface area contributed by atoms with Crippen molar-refractivity contribution in [3.05, 3.63) is 12.4 Å². The zero-order valence-corrected chi connectivity index (χ0v) is 9.07. The van der Waals surface area contributed by atoms with Crippen molar-refractivity contribution in [2.45, 2.75) is 35.8 Å². The molecule has 0 aromatic carbocycles. The van der Waals surface area contributed by atoms with Crippen molar-refractivity contribution >= 4 is 15.8 Å². The Labute approximate surface area is 88.7 Å². The molecule has 1 aromatic rings. The maximum atomic E-state index is 12.0. The van der Waals surface area contributed by atoms with Gasteiger partial charge in [0.1, 0.15) is 4.90 Å². The number of aromatic nitrogens is 2. The van der Waals surface area contributed by atoms with E-state index in [1.165, 1.54) is 12.4 Å². The Kier molecular flexibility index (Phi) is 2.60. The van der Waals surface area contributed by atoms with Crippen LogP contribution in [0, 0.1) is 0 Å². The molecule has 15 heavy (non-hydrogen) atoms. The lowest BCUT2D eigenvalue weighted by Gasteiger charge is -2.09. The molecular weight excluding hydrogens is 214 g/mol. The second-order valence-corrected chi connectivity index (χ2v) is 5.96. The average Bonchev–Trinajstić information content (AvgIpc) is 2.71. The lowest BCUT2D eigenvalue weighted by Crippen LogP contribution is -2.18. The van der Waals surface area contributed by atoms with Gasteiger partial charge in [0.25, 0.3) is 0 Å². The van der Waals surface area contributed by atoms with Gasteiger partial charge in [0.15, 0.2) is 9.84 Å². The van der Waals surface area contributed by atoms with Gasteiger partial charge < -0.3 is 5.73 Å². The monoisotopic (exact) mass is 227 g/mol. The molecule has 2 rings (SSSR count). The van der Waals surface area contributed by atoms with E-state index in [0.717, 1.165) is 25.7 Å². The van der Waals surface area contributed by atoms with E-state index in [1.54, 1.807) is 0 Å². The molecule has 0 amide bonds. The number of hydrogen-bond acceptors (Lipinski definition) is 5. The molecule has 1 saturated carbocycles. The molecule has 82 valence electrons. The van der Waals surface area contributed by atoms with Crippen LogP contribution in [0.5, 0.6) is 0 Å². The van der Waals surface area contributed by atoms with Gasteiger partial charge in [-0.15, -0.1) is 0 Å². The van der Waals surface area contributed by atoms with Crippen LogP contribution in [0.15, 0.2) is 17.3 Å². The first kappa shape index (κ1) is 10.4. The minimum atomic E-state index is -3.24. The molecule has 0 saturated heterocycles. The van der Waals surface area contributed by atoms with E-state index in [9.17, 15) is 8.42 Å². The van der Waals surface area contributed by atoms with Crippen LogP contribution in [0.25, 0.3) is 0 Å². The number of nitrogen functional groups attached to an aromatic ring is 1. The summed E-state index contributed by atoms with van der Waals surface area (Å²) < 4.78 is 24.0. The quantitative estimate of drug-likeness (QED) is 0.806. The number of rotatable bonds is 2. The summed E-state index contributed by atoms with van der Waals surface area (Å²) in [5, 5.41) is -0.260.